The number of allylic oxidation sites excluding steroid dienone is 16. The quantitative estimate of drug-likeness (QED) is 0.0279. The Morgan fingerprint density at radius 3 is 1.68 bits per heavy atom. The summed E-state index contributed by atoms with van der Waals surface area (Å²) in [6.45, 7) is 31.7. The van der Waals surface area contributed by atoms with Crippen molar-refractivity contribution in [1.82, 2.24) is 9.80 Å². The first-order valence-electron chi connectivity index (χ1n) is 25.6. The number of hydrogen-bond acceptors (Lipinski definition) is 8. The normalized spacial score (nSPS) is 22.8. The fourth-order valence-electron chi connectivity index (χ4n) is 10.2. The van der Waals surface area contributed by atoms with Crippen molar-refractivity contribution in [2.24, 2.45) is 22.7 Å². The van der Waals surface area contributed by atoms with Crippen molar-refractivity contribution in [2.45, 2.75) is 146 Å². The molecule has 0 N–H and O–H groups in total. The second kappa shape index (κ2) is 28.7. The van der Waals surface area contributed by atoms with Crippen LogP contribution in [0, 0.1) is 22.7 Å². The van der Waals surface area contributed by atoms with Gasteiger partial charge in [0.25, 0.3) is 0 Å². The van der Waals surface area contributed by atoms with Crippen molar-refractivity contribution in [3.63, 3.8) is 0 Å². The maximum atomic E-state index is 12.5. The first-order valence-corrected chi connectivity index (χ1v) is 25.6. The van der Waals surface area contributed by atoms with E-state index < -0.39 is 0 Å². The number of hydrogen-bond donors (Lipinski definition) is 0. The van der Waals surface area contributed by atoms with Gasteiger partial charge < -0.3 is 28.7 Å². The van der Waals surface area contributed by atoms with Crippen molar-refractivity contribution in [1.29, 1.82) is 0 Å². The standard InChI is InChI=1S/C58H90N2O6/c1-45(21-23-53-49(5)19-13-29-57(53,7)8)15-11-17-47(3)41-55(61)65-35-27-51-25-31-59(43-51)33-37-63-39-40-64-38-34-60-32-26-52(44-60)28-36-66-56(62)42-48(4)18-12-16-46(2)22-24-54-50(6)20-14-30-58(54,9)10/h11-12,15-18,21,23,41-42,51-52H,13-14,19-20,22,24-40,43-44H2,1-10H3/b17-11+,18-12+,23-21+,45-15+,46-16+,47-41+,48-42+. The van der Waals surface area contributed by atoms with E-state index in [1.54, 1.807) is 23.3 Å². The van der Waals surface area contributed by atoms with E-state index in [9.17, 15) is 9.59 Å². The number of carbonyl (C=O) groups excluding carboxylic acids is 2. The average Bonchev–Trinajstić information content (AvgIpc) is 3.90. The monoisotopic (exact) mass is 911 g/mol. The second-order valence-electron chi connectivity index (χ2n) is 21.2. The molecule has 66 heavy (non-hydrogen) atoms. The van der Waals surface area contributed by atoms with Gasteiger partial charge in [0, 0.05) is 38.3 Å². The van der Waals surface area contributed by atoms with Crippen LogP contribution in [0.15, 0.2) is 105 Å². The highest BCUT2D eigenvalue weighted by Crippen LogP contribution is 2.43. The van der Waals surface area contributed by atoms with Crippen molar-refractivity contribution >= 4 is 11.9 Å². The SMILES string of the molecule is CC1=C(/C=C/C(C)=C/C=C/C(C)=C/C(=O)OCCC2CCN(CCOCCOCCN3CCC(CCOC(=O)/C=C(C)/C=C/C=C(\C)CCC4=C(C)CCCC4(C)C)C3)C2)C(C)(C)CCC1. The molecule has 0 aromatic heterocycles. The van der Waals surface area contributed by atoms with Crippen LogP contribution < -0.4 is 0 Å². The molecule has 0 aromatic carbocycles. The van der Waals surface area contributed by atoms with E-state index in [4.69, 9.17) is 18.9 Å². The van der Waals surface area contributed by atoms with Gasteiger partial charge in [0.2, 0.25) is 0 Å². The molecule has 0 spiro atoms. The number of rotatable bonds is 26. The molecule has 2 atom stereocenters. The number of ether oxygens (including phenoxy) is 4. The lowest BCUT2D eigenvalue weighted by Gasteiger charge is -2.34. The van der Waals surface area contributed by atoms with Gasteiger partial charge in [-0.05, 0) is 171 Å². The van der Waals surface area contributed by atoms with Crippen LogP contribution in [0.4, 0.5) is 0 Å². The third-order valence-electron chi connectivity index (χ3n) is 14.4. The van der Waals surface area contributed by atoms with Gasteiger partial charge >= 0.3 is 11.9 Å². The Bertz CT molecular complexity index is 1850. The van der Waals surface area contributed by atoms with Gasteiger partial charge in [0.05, 0.1) is 39.6 Å². The van der Waals surface area contributed by atoms with E-state index in [1.165, 1.54) is 60.8 Å². The Labute approximate surface area is 402 Å². The molecular weight excluding hydrogens is 821 g/mol. The van der Waals surface area contributed by atoms with Crippen LogP contribution in [0.2, 0.25) is 0 Å². The fourth-order valence-corrected chi connectivity index (χ4v) is 10.2. The number of nitrogens with zero attached hydrogens (tertiary/aromatic N) is 2. The zero-order valence-corrected chi connectivity index (χ0v) is 43.2. The second-order valence-corrected chi connectivity index (χ2v) is 21.2. The zero-order valence-electron chi connectivity index (χ0n) is 43.2. The number of esters is 2. The van der Waals surface area contributed by atoms with Crippen molar-refractivity contribution in [3.8, 4) is 0 Å². The van der Waals surface area contributed by atoms with E-state index in [-0.39, 0.29) is 17.4 Å². The molecule has 0 saturated carbocycles. The molecule has 0 radical (unpaired) electrons. The Balaban J connectivity index is 0.959. The molecule has 2 fully saturated rings. The van der Waals surface area contributed by atoms with Crippen molar-refractivity contribution < 1.29 is 28.5 Å². The van der Waals surface area contributed by atoms with Gasteiger partial charge in [-0.15, -0.1) is 0 Å². The van der Waals surface area contributed by atoms with Crippen LogP contribution in [-0.2, 0) is 28.5 Å². The minimum atomic E-state index is -0.274. The largest absolute Gasteiger partial charge is 0.463 e. The molecule has 368 valence electrons. The van der Waals surface area contributed by atoms with Gasteiger partial charge in [-0.2, -0.15) is 0 Å². The maximum absolute atomic E-state index is 12.5. The molecule has 2 heterocycles. The number of carbonyl (C=O) groups is 2. The lowest BCUT2D eigenvalue weighted by molar-refractivity contribution is -0.139. The highest BCUT2D eigenvalue weighted by atomic mass is 16.5. The highest BCUT2D eigenvalue weighted by Gasteiger charge is 2.29. The lowest BCUT2D eigenvalue weighted by Crippen LogP contribution is -2.27. The summed E-state index contributed by atoms with van der Waals surface area (Å²) >= 11 is 0. The molecule has 2 unspecified atom stereocenters. The van der Waals surface area contributed by atoms with Crippen molar-refractivity contribution in [2.75, 3.05) is 78.9 Å². The van der Waals surface area contributed by atoms with E-state index in [1.807, 2.05) is 32.1 Å². The minimum Gasteiger partial charge on any atom is -0.463 e. The molecule has 8 nitrogen and oxygen atoms in total. The molecule has 0 aromatic rings. The Morgan fingerprint density at radius 2 is 1.15 bits per heavy atom. The Morgan fingerprint density at radius 1 is 0.636 bits per heavy atom. The molecule has 0 amide bonds. The summed E-state index contributed by atoms with van der Waals surface area (Å²) < 4.78 is 22.9. The maximum Gasteiger partial charge on any atom is 0.331 e. The first-order chi connectivity index (χ1) is 31.5. The highest BCUT2D eigenvalue weighted by molar-refractivity contribution is 5.83. The summed E-state index contributed by atoms with van der Waals surface area (Å²) in [6.07, 6.45) is 33.7. The molecule has 4 aliphatic rings. The zero-order chi connectivity index (χ0) is 48.0. The van der Waals surface area contributed by atoms with Gasteiger partial charge in [0.1, 0.15) is 0 Å². The summed E-state index contributed by atoms with van der Waals surface area (Å²) in [5.41, 5.74) is 11.1. The predicted molar refractivity (Wildman–Crippen MR) is 274 cm³/mol. The third-order valence-corrected chi connectivity index (χ3v) is 14.4. The van der Waals surface area contributed by atoms with Gasteiger partial charge in [-0.1, -0.05) is 104 Å². The molecule has 2 aliphatic heterocycles. The third kappa shape index (κ3) is 20.8. The van der Waals surface area contributed by atoms with Crippen LogP contribution in [0.3, 0.4) is 0 Å². The minimum absolute atomic E-state index is 0.238. The Kier molecular flexibility index (Phi) is 23.9. The molecule has 2 saturated heterocycles. The summed E-state index contributed by atoms with van der Waals surface area (Å²) in [5.74, 6) is 0.552. The van der Waals surface area contributed by atoms with Crippen molar-refractivity contribution in [3.05, 3.63) is 105 Å². The first kappa shape index (κ1) is 55.0. The van der Waals surface area contributed by atoms with Crippen LogP contribution in [0.5, 0.6) is 0 Å². The van der Waals surface area contributed by atoms with E-state index in [0.29, 0.717) is 56.9 Å². The molecular formula is C58H90N2O6. The molecule has 8 heteroatoms. The van der Waals surface area contributed by atoms with E-state index in [0.717, 1.165) is 88.9 Å². The van der Waals surface area contributed by atoms with Gasteiger partial charge in [-0.3, -0.25) is 0 Å². The predicted octanol–water partition coefficient (Wildman–Crippen LogP) is 12.8. The summed E-state index contributed by atoms with van der Waals surface area (Å²) in [4.78, 5) is 29.8. The van der Waals surface area contributed by atoms with Crippen LogP contribution in [-0.4, -0.2) is 101 Å². The van der Waals surface area contributed by atoms with Gasteiger partial charge in [-0.25, -0.2) is 9.59 Å². The number of likely N-dealkylation sites (tertiary alicyclic amines) is 2. The molecule has 2 aliphatic carbocycles. The summed E-state index contributed by atoms with van der Waals surface area (Å²) in [6, 6.07) is 0. The molecule has 0 bridgehead atoms. The average molecular weight is 911 g/mol. The van der Waals surface area contributed by atoms with Crippen LogP contribution in [0.25, 0.3) is 0 Å². The summed E-state index contributed by atoms with van der Waals surface area (Å²) in [5, 5.41) is 0. The Hall–Kier alpha value is -3.56. The van der Waals surface area contributed by atoms with E-state index in [2.05, 4.69) is 95.6 Å². The smallest absolute Gasteiger partial charge is 0.331 e. The van der Waals surface area contributed by atoms with Gasteiger partial charge in [0.15, 0.2) is 0 Å². The van der Waals surface area contributed by atoms with E-state index >= 15 is 0 Å². The topological polar surface area (TPSA) is 77.5 Å². The lowest BCUT2D eigenvalue weighted by atomic mass is 9.71. The van der Waals surface area contributed by atoms with Crippen LogP contribution in [0.1, 0.15) is 146 Å². The summed E-state index contributed by atoms with van der Waals surface area (Å²) in [7, 11) is 0. The fraction of sp³-hybridized carbons (Fsp3) is 0.655. The molecule has 4 rings (SSSR count). The van der Waals surface area contributed by atoms with Crippen LogP contribution >= 0.6 is 0 Å².